The molecule has 0 saturated carbocycles. The minimum Gasteiger partial charge on any atom is -0.309 e. The van der Waals surface area contributed by atoms with Gasteiger partial charge in [-0.15, -0.1) is 0 Å². The Bertz CT molecular complexity index is 1980. The van der Waals surface area contributed by atoms with Gasteiger partial charge in [-0.2, -0.15) is 5.26 Å². The fraction of sp³-hybridized carbons (Fsp3) is 0. The van der Waals surface area contributed by atoms with Crippen LogP contribution in [0, 0.1) is 11.3 Å². The molecule has 0 N–H and O–H groups in total. The molecule has 0 aliphatic carbocycles. The van der Waals surface area contributed by atoms with E-state index in [0.29, 0.717) is 5.69 Å². The molecule has 0 bridgehead atoms. The minimum absolute atomic E-state index is 0.415. The number of hydrogen-bond donors (Lipinski definition) is 0. The number of aromatic nitrogens is 2. The van der Waals surface area contributed by atoms with Crippen molar-refractivity contribution in [2.24, 2.45) is 0 Å². The number of nitriles is 1. The first-order valence-electron chi connectivity index (χ1n) is 12.3. The molecule has 0 spiro atoms. The van der Waals surface area contributed by atoms with Gasteiger partial charge in [0.05, 0.1) is 11.0 Å². The Morgan fingerprint density at radius 2 is 1.30 bits per heavy atom. The van der Waals surface area contributed by atoms with E-state index in [1.54, 1.807) is 6.20 Å². The molecule has 0 unspecified atom stereocenters. The fourth-order valence-corrected chi connectivity index (χ4v) is 5.44. The van der Waals surface area contributed by atoms with E-state index in [9.17, 15) is 5.26 Å². The Labute approximate surface area is 214 Å². The quantitative estimate of drug-likeness (QED) is 0.259. The zero-order valence-corrected chi connectivity index (χ0v) is 20.0. The van der Waals surface area contributed by atoms with Gasteiger partial charge in [0.1, 0.15) is 11.8 Å². The van der Waals surface area contributed by atoms with Crippen molar-refractivity contribution in [1.82, 2.24) is 9.55 Å². The van der Waals surface area contributed by atoms with Crippen molar-refractivity contribution in [2.45, 2.75) is 0 Å². The molecule has 0 aliphatic rings. The molecule has 0 radical (unpaired) electrons. The Morgan fingerprint density at radius 3 is 2.08 bits per heavy atom. The molecular formula is C34H21N3. The summed E-state index contributed by atoms with van der Waals surface area (Å²) >= 11 is 0. The lowest BCUT2D eigenvalue weighted by molar-refractivity contribution is 1.18. The Balaban J connectivity index is 1.65. The van der Waals surface area contributed by atoms with Gasteiger partial charge in [0, 0.05) is 22.7 Å². The molecule has 3 heteroatoms. The average Bonchev–Trinajstić information content (AvgIpc) is 3.31. The average molecular weight is 472 g/mol. The van der Waals surface area contributed by atoms with Crippen molar-refractivity contribution >= 4 is 32.6 Å². The van der Waals surface area contributed by atoms with Crippen molar-refractivity contribution in [2.75, 3.05) is 0 Å². The molecular weight excluding hydrogens is 450 g/mol. The summed E-state index contributed by atoms with van der Waals surface area (Å²) < 4.78 is 2.36. The van der Waals surface area contributed by atoms with Crippen LogP contribution in [0.2, 0.25) is 0 Å². The zero-order valence-electron chi connectivity index (χ0n) is 20.0. The van der Waals surface area contributed by atoms with Gasteiger partial charge in [0.25, 0.3) is 0 Å². The van der Waals surface area contributed by atoms with Gasteiger partial charge in [0.15, 0.2) is 0 Å². The lowest BCUT2D eigenvalue weighted by Crippen LogP contribution is -1.94. The summed E-state index contributed by atoms with van der Waals surface area (Å²) in [5.41, 5.74) is 8.28. The third-order valence-electron chi connectivity index (χ3n) is 7.08. The summed E-state index contributed by atoms with van der Waals surface area (Å²) in [6.07, 6.45) is 1.71. The Kier molecular flexibility index (Phi) is 4.84. The first-order valence-corrected chi connectivity index (χ1v) is 12.3. The van der Waals surface area contributed by atoms with Crippen LogP contribution < -0.4 is 0 Å². The van der Waals surface area contributed by atoms with E-state index in [2.05, 4.69) is 113 Å². The van der Waals surface area contributed by atoms with Crippen LogP contribution in [-0.2, 0) is 0 Å². The summed E-state index contributed by atoms with van der Waals surface area (Å²) in [5.74, 6) is 0. The molecule has 0 amide bonds. The number of pyridine rings is 1. The van der Waals surface area contributed by atoms with Crippen LogP contribution in [0.5, 0.6) is 0 Å². The highest BCUT2D eigenvalue weighted by Gasteiger charge is 2.18. The molecule has 2 aromatic heterocycles. The van der Waals surface area contributed by atoms with E-state index >= 15 is 0 Å². The van der Waals surface area contributed by atoms with Gasteiger partial charge in [-0.3, -0.25) is 0 Å². The molecule has 0 aliphatic heterocycles. The van der Waals surface area contributed by atoms with E-state index in [0.717, 1.165) is 33.2 Å². The summed E-state index contributed by atoms with van der Waals surface area (Å²) in [5, 5.41) is 14.3. The van der Waals surface area contributed by atoms with Crippen LogP contribution in [-0.4, -0.2) is 9.55 Å². The van der Waals surface area contributed by atoms with Crippen LogP contribution in [0.3, 0.4) is 0 Å². The second-order valence-electron chi connectivity index (χ2n) is 9.17. The normalized spacial score (nSPS) is 11.2. The van der Waals surface area contributed by atoms with Gasteiger partial charge in [-0.05, 0) is 69.4 Å². The SMILES string of the molecule is N#Cc1cc(-c2cc3c(c4ccccc24)c2ccc(-c4ccccc4)cc2n3-c2ccccc2)ccn1. The minimum atomic E-state index is 0.415. The Morgan fingerprint density at radius 1 is 0.568 bits per heavy atom. The topological polar surface area (TPSA) is 41.6 Å². The molecule has 7 rings (SSSR count). The third-order valence-corrected chi connectivity index (χ3v) is 7.08. The predicted octanol–water partition coefficient (Wildman–Crippen LogP) is 8.54. The molecule has 37 heavy (non-hydrogen) atoms. The number of benzene rings is 5. The first kappa shape index (κ1) is 21.1. The van der Waals surface area contributed by atoms with Gasteiger partial charge in [-0.25, -0.2) is 4.98 Å². The van der Waals surface area contributed by atoms with Crippen molar-refractivity contribution in [3.63, 3.8) is 0 Å². The van der Waals surface area contributed by atoms with E-state index in [1.165, 1.54) is 27.3 Å². The number of para-hydroxylation sites is 1. The van der Waals surface area contributed by atoms with Crippen molar-refractivity contribution in [3.8, 4) is 34.0 Å². The number of nitrogens with zero attached hydrogens (tertiary/aromatic N) is 3. The number of fused-ring (bicyclic) bond motifs is 5. The van der Waals surface area contributed by atoms with Gasteiger partial charge < -0.3 is 4.57 Å². The van der Waals surface area contributed by atoms with Crippen molar-refractivity contribution in [3.05, 3.63) is 133 Å². The third kappa shape index (κ3) is 3.39. The monoisotopic (exact) mass is 471 g/mol. The molecule has 7 aromatic rings. The van der Waals surface area contributed by atoms with Crippen LogP contribution in [0.25, 0.3) is 60.5 Å². The standard InChI is InChI=1S/C34H21N3/c35-22-26-19-25(17-18-36-26)31-21-33-34(29-14-8-7-13-28(29)31)30-16-15-24(23-9-3-1-4-10-23)20-32(30)37(33)27-11-5-2-6-12-27/h1-21H. The predicted molar refractivity (Wildman–Crippen MR) is 152 cm³/mol. The molecule has 2 heterocycles. The summed E-state index contributed by atoms with van der Waals surface area (Å²) in [7, 11) is 0. The maximum absolute atomic E-state index is 9.49. The molecule has 0 saturated heterocycles. The molecule has 172 valence electrons. The summed E-state index contributed by atoms with van der Waals surface area (Å²) in [6, 6.07) is 44.7. The second-order valence-corrected chi connectivity index (χ2v) is 9.17. The van der Waals surface area contributed by atoms with Crippen molar-refractivity contribution in [1.29, 1.82) is 5.26 Å². The summed E-state index contributed by atoms with van der Waals surface area (Å²) in [6.45, 7) is 0. The maximum Gasteiger partial charge on any atom is 0.141 e. The van der Waals surface area contributed by atoms with E-state index in [-0.39, 0.29) is 0 Å². The highest BCUT2D eigenvalue weighted by Crippen LogP contribution is 2.42. The molecule has 0 atom stereocenters. The largest absolute Gasteiger partial charge is 0.309 e. The van der Waals surface area contributed by atoms with Gasteiger partial charge in [-0.1, -0.05) is 84.9 Å². The summed E-state index contributed by atoms with van der Waals surface area (Å²) in [4.78, 5) is 4.20. The highest BCUT2D eigenvalue weighted by atomic mass is 15.0. The zero-order chi connectivity index (χ0) is 24.8. The van der Waals surface area contributed by atoms with Crippen LogP contribution in [0.4, 0.5) is 0 Å². The first-order chi connectivity index (χ1) is 18.3. The lowest BCUT2D eigenvalue weighted by atomic mass is 9.94. The maximum atomic E-state index is 9.49. The molecule has 5 aromatic carbocycles. The smallest absolute Gasteiger partial charge is 0.141 e. The molecule has 0 fully saturated rings. The van der Waals surface area contributed by atoms with E-state index < -0.39 is 0 Å². The van der Waals surface area contributed by atoms with E-state index in [1.807, 2.05) is 24.3 Å². The van der Waals surface area contributed by atoms with Gasteiger partial charge in [0.2, 0.25) is 0 Å². The Hall–Kier alpha value is -5.20. The van der Waals surface area contributed by atoms with E-state index in [4.69, 9.17) is 0 Å². The molecule has 3 nitrogen and oxygen atoms in total. The second kappa shape index (κ2) is 8.48. The van der Waals surface area contributed by atoms with Crippen LogP contribution in [0.1, 0.15) is 5.69 Å². The van der Waals surface area contributed by atoms with Gasteiger partial charge >= 0.3 is 0 Å². The van der Waals surface area contributed by atoms with Crippen molar-refractivity contribution < 1.29 is 0 Å². The fourth-order valence-electron chi connectivity index (χ4n) is 5.44. The lowest BCUT2D eigenvalue weighted by Gasteiger charge is -2.12. The number of hydrogen-bond acceptors (Lipinski definition) is 2. The number of rotatable bonds is 3. The van der Waals surface area contributed by atoms with Crippen LogP contribution in [0.15, 0.2) is 128 Å². The van der Waals surface area contributed by atoms with Crippen LogP contribution >= 0.6 is 0 Å². The highest BCUT2D eigenvalue weighted by molar-refractivity contribution is 6.24.